The zero-order valence-electron chi connectivity index (χ0n) is 20.0. The lowest BCUT2D eigenvalue weighted by atomic mass is 10.1. The fourth-order valence-corrected chi connectivity index (χ4v) is 4.88. The van der Waals surface area contributed by atoms with E-state index in [9.17, 15) is 9.59 Å². The van der Waals surface area contributed by atoms with Crippen LogP contribution in [0.15, 0.2) is 54.6 Å². The molecule has 1 aliphatic rings. The second-order valence-corrected chi connectivity index (χ2v) is 9.68. The van der Waals surface area contributed by atoms with Gasteiger partial charge in [0.2, 0.25) is 0 Å². The summed E-state index contributed by atoms with van der Waals surface area (Å²) in [5.74, 6) is -0.0386. The van der Waals surface area contributed by atoms with E-state index in [0.29, 0.717) is 50.5 Å². The molecule has 1 heterocycles. The highest BCUT2D eigenvalue weighted by Gasteiger charge is 2.22. The molecule has 1 N–H and O–H groups in total. The van der Waals surface area contributed by atoms with Crippen molar-refractivity contribution in [3.05, 3.63) is 86.4 Å². The summed E-state index contributed by atoms with van der Waals surface area (Å²) in [6.45, 7) is 6.06. The highest BCUT2D eigenvalue weighted by atomic mass is 35.5. The molecule has 2 amide bonds. The van der Waals surface area contributed by atoms with Crippen molar-refractivity contribution in [2.75, 3.05) is 43.0 Å². The number of piperazine rings is 1. The van der Waals surface area contributed by atoms with E-state index in [-0.39, 0.29) is 24.2 Å². The number of carbonyl (C=O) groups is 2. The van der Waals surface area contributed by atoms with Crippen LogP contribution in [0.4, 0.5) is 11.4 Å². The lowest BCUT2D eigenvalue weighted by molar-refractivity contribution is -0.118. The molecule has 6 nitrogen and oxygen atoms in total. The number of halogens is 3. The predicted octanol–water partition coefficient (Wildman–Crippen LogP) is 6.24. The van der Waals surface area contributed by atoms with E-state index in [1.54, 1.807) is 13.8 Å². The fourth-order valence-electron chi connectivity index (χ4n) is 4.06. The summed E-state index contributed by atoms with van der Waals surface area (Å²) in [5, 5.41) is 3.87. The van der Waals surface area contributed by atoms with Crippen LogP contribution in [-0.4, -0.2) is 49.5 Å². The summed E-state index contributed by atoms with van der Waals surface area (Å²) >= 11 is 18.9. The SMILES string of the molecule is Cc1c(Cl)c(C)c(Cl)c(OCC(=O)Nc2ccc(N3CCN(C(=O)c4ccccc4)CC3)cc2)c1Cl. The molecule has 3 aromatic rings. The van der Waals surface area contributed by atoms with Gasteiger partial charge in [-0.2, -0.15) is 0 Å². The van der Waals surface area contributed by atoms with Crippen molar-refractivity contribution < 1.29 is 14.3 Å². The van der Waals surface area contributed by atoms with Gasteiger partial charge in [-0.25, -0.2) is 0 Å². The number of hydrogen-bond donors (Lipinski definition) is 1. The molecular weight excluding hydrogens is 521 g/mol. The van der Waals surface area contributed by atoms with Crippen molar-refractivity contribution in [2.45, 2.75) is 13.8 Å². The highest BCUT2D eigenvalue weighted by molar-refractivity contribution is 6.42. The molecule has 3 aromatic carbocycles. The lowest BCUT2D eigenvalue weighted by Gasteiger charge is -2.36. The van der Waals surface area contributed by atoms with Crippen LogP contribution in [0.2, 0.25) is 15.1 Å². The van der Waals surface area contributed by atoms with Gasteiger partial charge in [-0.15, -0.1) is 0 Å². The van der Waals surface area contributed by atoms with Crippen LogP contribution in [0.3, 0.4) is 0 Å². The van der Waals surface area contributed by atoms with E-state index >= 15 is 0 Å². The Morgan fingerprint density at radius 3 is 2.00 bits per heavy atom. The predicted molar refractivity (Wildman–Crippen MR) is 146 cm³/mol. The van der Waals surface area contributed by atoms with E-state index < -0.39 is 0 Å². The molecule has 1 aliphatic heterocycles. The molecule has 1 saturated heterocycles. The maximum atomic E-state index is 12.7. The first-order valence-corrected chi connectivity index (χ1v) is 12.6. The number of nitrogens with zero attached hydrogens (tertiary/aromatic N) is 2. The highest BCUT2D eigenvalue weighted by Crippen LogP contribution is 2.42. The number of amides is 2. The van der Waals surface area contributed by atoms with Crippen LogP contribution >= 0.6 is 34.8 Å². The topological polar surface area (TPSA) is 61.9 Å². The summed E-state index contributed by atoms with van der Waals surface area (Å²) in [4.78, 5) is 29.2. The molecule has 1 fully saturated rings. The van der Waals surface area contributed by atoms with Gasteiger partial charge in [0.25, 0.3) is 11.8 Å². The number of nitrogens with one attached hydrogen (secondary N) is 1. The maximum absolute atomic E-state index is 12.7. The van der Waals surface area contributed by atoms with Crippen molar-refractivity contribution >= 4 is 58.0 Å². The van der Waals surface area contributed by atoms with Gasteiger partial charge < -0.3 is 19.9 Å². The number of anilines is 2. The van der Waals surface area contributed by atoms with Gasteiger partial charge in [0.05, 0.1) is 10.0 Å². The third-order valence-corrected chi connectivity index (χ3v) is 7.64. The normalized spacial score (nSPS) is 13.5. The quantitative estimate of drug-likeness (QED) is 0.397. The molecular formula is C27H26Cl3N3O3. The van der Waals surface area contributed by atoms with Gasteiger partial charge in [-0.05, 0) is 61.4 Å². The summed E-state index contributed by atoms with van der Waals surface area (Å²) in [7, 11) is 0. The Labute approximate surface area is 225 Å². The van der Waals surface area contributed by atoms with E-state index in [1.807, 2.05) is 59.5 Å². The molecule has 0 unspecified atom stereocenters. The van der Waals surface area contributed by atoms with Crippen molar-refractivity contribution in [1.29, 1.82) is 0 Å². The van der Waals surface area contributed by atoms with Gasteiger partial charge in [-0.3, -0.25) is 9.59 Å². The Bertz CT molecular complexity index is 1230. The number of hydrogen-bond acceptors (Lipinski definition) is 4. The molecule has 0 aliphatic carbocycles. The molecule has 4 rings (SSSR count). The Hall–Kier alpha value is -2.93. The second kappa shape index (κ2) is 11.4. The van der Waals surface area contributed by atoms with Crippen LogP contribution in [-0.2, 0) is 4.79 Å². The molecule has 0 saturated carbocycles. The van der Waals surface area contributed by atoms with Crippen LogP contribution in [0.25, 0.3) is 0 Å². The van der Waals surface area contributed by atoms with E-state index in [0.717, 1.165) is 18.8 Å². The summed E-state index contributed by atoms with van der Waals surface area (Å²) in [5.41, 5.74) is 3.68. The number of carbonyl (C=O) groups excluding carboxylic acids is 2. The Morgan fingerprint density at radius 1 is 0.833 bits per heavy atom. The van der Waals surface area contributed by atoms with E-state index in [1.165, 1.54) is 0 Å². The molecule has 0 spiro atoms. The van der Waals surface area contributed by atoms with Crippen molar-refractivity contribution in [1.82, 2.24) is 4.90 Å². The standard InChI is InChI=1S/C27H26Cl3N3O3/c1-17-23(28)18(2)25(30)26(24(17)29)36-16-22(34)31-20-8-10-21(11-9-20)32-12-14-33(15-13-32)27(35)19-6-4-3-5-7-19/h3-11H,12-16H2,1-2H3,(H,31,34). The van der Waals surface area contributed by atoms with Crippen LogP contribution in [0.1, 0.15) is 21.5 Å². The summed E-state index contributed by atoms with van der Waals surface area (Å²) in [6.07, 6.45) is 0. The third kappa shape index (κ3) is 5.72. The van der Waals surface area contributed by atoms with Gasteiger partial charge in [0.15, 0.2) is 12.4 Å². The number of rotatable bonds is 6. The van der Waals surface area contributed by atoms with Crippen molar-refractivity contribution in [3.8, 4) is 5.75 Å². The Morgan fingerprint density at radius 2 is 1.42 bits per heavy atom. The van der Waals surface area contributed by atoms with Crippen molar-refractivity contribution in [3.63, 3.8) is 0 Å². The minimum Gasteiger partial charge on any atom is -0.481 e. The lowest BCUT2D eigenvalue weighted by Crippen LogP contribution is -2.48. The van der Waals surface area contributed by atoms with Gasteiger partial charge >= 0.3 is 0 Å². The molecule has 0 aromatic heterocycles. The first-order valence-electron chi connectivity index (χ1n) is 11.5. The summed E-state index contributed by atoms with van der Waals surface area (Å²) < 4.78 is 5.62. The smallest absolute Gasteiger partial charge is 0.262 e. The third-order valence-electron chi connectivity index (χ3n) is 6.17. The van der Waals surface area contributed by atoms with Gasteiger partial charge in [0, 0.05) is 48.1 Å². The first kappa shape index (κ1) is 26.1. The summed E-state index contributed by atoms with van der Waals surface area (Å²) in [6, 6.07) is 16.9. The molecule has 0 bridgehead atoms. The zero-order valence-corrected chi connectivity index (χ0v) is 22.3. The minimum absolute atomic E-state index is 0.0574. The van der Waals surface area contributed by atoms with Crippen LogP contribution in [0.5, 0.6) is 5.75 Å². The monoisotopic (exact) mass is 545 g/mol. The minimum atomic E-state index is -0.340. The van der Waals surface area contributed by atoms with Crippen LogP contribution < -0.4 is 15.0 Å². The Kier molecular flexibility index (Phi) is 8.29. The average molecular weight is 547 g/mol. The molecule has 188 valence electrons. The molecule has 36 heavy (non-hydrogen) atoms. The van der Waals surface area contributed by atoms with Crippen LogP contribution in [0, 0.1) is 13.8 Å². The molecule has 9 heteroatoms. The average Bonchev–Trinajstić information content (AvgIpc) is 2.91. The second-order valence-electron chi connectivity index (χ2n) is 8.55. The number of benzene rings is 3. The van der Waals surface area contributed by atoms with Crippen molar-refractivity contribution in [2.24, 2.45) is 0 Å². The molecule has 0 radical (unpaired) electrons. The van der Waals surface area contributed by atoms with Gasteiger partial charge in [0.1, 0.15) is 0 Å². The Balaban J connectivity index is 1.30. The largest absolute Gasteiger partial charge is 0.481 e. The first-order chi connectivity index (χ1) is 17.3. The number of ether oxygens (including phenoxy) is 1. The van der Waals surface area contributed by atoms with E-state index in [2.05, 4.69) is 10.2 Å². The molecule has 0 atom stereocenters. The fraction of sp³-hybridized carbons (Fsp3) is 0.259. The zero-order chi connectivity index (χ0) is 25.8. The van der Waals surface area contributed by atoms with E-state index in [4.69, 9.17) is 39.5 Å². The van der Waals surface area contributed by atoms with Gasteiger partial charge in [-0.1, -0.05) is 53.0 Å². The maximum Gasteiger partial charge on any atom is 0.262 e.